The third-order valence-corrected chi connectivity index (χ3v) is 8.99. The van der Waals surface area contributed by atoms with Gasteiger partial charge in [0.2, 0.25) is 11.8 Å². The normalized spacial score (nSPS) is 12.8. The van der Waals surface area contributed by atoms with Crippen LogP contribution in [0.5, 0.6) is 5.75 Å². The molecule has 0 radical (unpaired) electrons. The minimum Gasteiger partial charge on any atom is -0.495 e. The molecule has 0 aliphatic rings. The molecule has 0 aromatic heterocycles. The van der Waals surface area contributed by atoms with Crippen LogP contribution in [0.4, 0.5) is 5.69 Å². The summed E-state index contributed by atoms with van der Waals surface area (Å²) in [5.41, 5.74) is 0.880. The lowest BCUT2D eigenvalue weighted by Crippen LogP contribution is -2.52. The fourth-order valence-corrected chi connectivity index (χ4v) is 5.79. The van der Waals surface area contributed by atoms with Crippen LogP contribution in [0.3, 0.4) is 0 Å². The van der Waals surface area contributed by atoms with Crippen molar-refractivity contribution in [2.24, 2.45) is 0 Å². The van der Waals surface area contributed by atoms with Crippen LogP contribution in [0, 0.1) is 0 Å². The third-order valence-electron chi connectivity index (χ3n) is 6.45. The van der Waals surface area contributed by atoms with Crippen molar-refractivity contribution >= 4 is 55.1 Å². The summed E-state index contributed by atoms with van der Waals surface area (Å²) in [6, 6.07) is 18.7. The number of anilines is 1. The Kier molecular flexibility index (Phi) is 11.0. The van der Waals surface area contributed by atoms with Gasteiger partial charge in [0.1, 0.15) is 18.3 Å². The first-order valence-electron chi connectivity index (χ1n) is 12.7. The van der Waals surface area contributed by atoms with E-state index in [4.69, 9.17) is 16.3 Å². The van der Waals surface area contributed by atoms with E-state index in [0.29, 0.717) is 0 Å². The first kappa shape index (κ1) is 31.4. The van der Waals surface area contributed by atoms with Crippen molar-refractivity contribution in [2.45, 2.75) is 50.7 Å². The lowest BCUT2D eigenvalue weighted by Gasteiger charge is -2.33. The number of amides is 2. The van der Waals surface area contributed by atoms with E-state index >= 15 is 0 Å². The number of nitrogens with zero attached hydrogens (tertiary/aromatic N) is 2. The fourth-order valence-electron chi connectivity index (χ4n) is 3.93. The molecule has 3 aromatic rings. The van der Waals surface area contributed by atoms with E-state index < -0.39 is 28.5 Å². The number of halogens is 2. The van der Waals surface area contributed by atoms with Crippen LogP contribution < -0.4 is 14.4 Å². The van der Waals surface area contributed by atoms with E-state index in [-0.39, 0.29) is 39.8 Å². The molecule has 1 N–H and O–H groups in total. The average Bonchev–Trinajstić information content (AvgIpc) is 2.95. The molecule has 0 spiro atoms. The summed E-state index contributed by atoms with van der Waals surface area (Å²) in [6.07, 6.45) is 0.719. The Morgan fingerprint density at radius 3 is 2.27 bits per heavy atom. The minimum absolute atomic E-state index is 0.00755. The quantitative estimate of drug-likeness (QED) is 0.274. The maximum absolute atomic E-state index is 14.0. The van der Waals surface area contributed by atoms with Gasteiger partial charge in [0.25, 0.3) is 10.0 Å². The van der Waals surface area contributed by atoms with Gasteiger partial charge < -0.3 is 15.0 Å². The van der Waals surface area contributed by atoms with E-state index in [2.05, 4.69) is 21.2 Å². The summed E-state index contributed by atoms with van der Waals surface area (Å²) < 4.78 is 35.1. The molecule has 11 heteroatoms. The van der Waals surface area contributed by atoms with E-state index in [9.17, 15) is 18.0 Å². The fraction of sp³-hybridized carbons (Fsp3) is 0.310. The lowest BCUT2D eigenvalue weighted by molar-refractivity contribution is -0.139. The molecule has 0 aliphatic heterocycles. The van der Waals surface area contributed by atoms with Gasteiger partial charge in [0, 0.05) is 22.1 Å². The highest BCUT2D eigenvalue weighted by molar-refractivity contribution is 9.10. The van der Waals surface area contributed by atoms with Crippen LogP contribution in [-0.2, 0) is 26.2 Å². The van der Waals surface area contributed by atoms with Gasteiger partial charge in [0.15, 0.2) is 0 Å². The van der Waals surface area contributed by atoms with Crippen molar-refractivity contribution in [2.75, 3.05) is 18.0 Å². The zero-order valence-electron chi connectivity index (χ0n) is 22.8. The second-order valence-electron chi connectivity index (χ2n) is 9.28. The molecular weight excluding hydrogens is 618 g/mol. The summed E-state index contributed by atoms with van der Waals surface area (Å²) in [4.78, 5) is 28.5. The van der Waals surface area contributed by atoms with Crippen LogP contribution in [-0.4, -0.2) is 50.9 Å². The summed E-state index contributed by atoms with van der Waals surface area (Å²) >= 11 is 9.67. The molecule has 0 heterocycles. The Bertz CT molecular complexity index is 1420. The molecular formula is C29H33BrClN3O5S. The van der Waals surface area contributed by atoms with E-state index in [1.807, 2.05) is 38.1 Å². The van der Waals surface area contributed by atoms with Gasteiger partial charge in [-0.15, -0.1) is 0 Å². The van der Waals surface area contributed by atoms with E-state index in [1.165, 1.54) is 36.3 Å². The molecule has 40 heavy (non-hydrogen) atoms. The Labute approximate surface area is 249 Å². The van der Waals surface area contributed by atoms with Crippen molar-refractivity contribution in [1.82, 2.24) is 10.2 Å². The molecule has 0 bridgehead atoms. The smallest absolute Gasteiger partial charge is 0.264 e. The van der Waals surface area contributed by atoms with Crippen LogP contribution >= 0.6 is 27.5 Å². The van der Waals surface area contributed by atoms with Crippen LogP contribution in [0.1, 0.15) is 32.8 Å². The maximum Gasteiger partial charge on any atom is 0.264 e. The number of rotatable bonds is 12. The second kappa shape index (κ2) is 14.0. The Morgan fingerprint density at radius 1 is 1.02 bits per heavy atom. The molecule has 214 valence electrons. The van der Waals surface area contributed by atoms with Crippen LogP contribution in [0.15, 0.2) is 82.2 Å². The Morgan fingerprint density at radius 2 is 1.68 bits per heavy atom. The molecule has 2 atom stereocenters. The number of hydrogen-bond acceptors (Lipinski definition) is 5. The van der Waals surface area contributed by atoms with Gasteiger partial charge in [-0.1, -0.05) is 64.8 Å². The van der Waals surface area contributed by atoms with Crippen molar-refractivity contribution in [3.05, 3.63) is 87.9 Å². The van der Waals surface area contributed by atoms with Crippen LogP contribution in [0.25, 0.3) is 0 Å². The minimum atomic E-state index is -4.24. The number of hydrogen-bond donors (Lipinski definition) is 1. The predicted octanol–water partition coefficient (Wildman–Crippen LogP) is 5.64. The number of benzene rings is 3. The molecule has 0 fully saturated rings. The zero-order valence-corrected chi connectivity index (χ0v) is 26.0. The number of carbonyl (C=O) groups is 2. The molecule has 0 unspecified atom stereocenters. The average molecular weight is 651 g/mol. The number of nitrogens with one attached hydrogen (secondary N) is 1. The largest absolute Gasteiger partial charge is 0.495 e. The summed E-state index contributed by atoms with van der Waals surface area (Å²) in [5, 5.41) is 3.18. The third kappa shape index (κ3) is 7.77. The van der Waals surface area contributed by atoms with Crippen LogP contribution in [0.2, 0.25) is 5.02 Å². The summed E-state index contributed by atoms with van der Waals surface area (Å²) in [7, 11) is -2.83. The SMILES string of the molecule is CC[C@H](C)NC(=O)[C@H](C)N(Cc1ccc(Br)cc1)C(=O)CN(c1cc(Cl)ccc1OC)S(=O)(=O)c1ccccc1. The lowest BCUT2D eigenvalue weighted by atomic mass is 10.1. The highest BCUT2D eigenvalue weighted by Gasteiger charge is 2.34. The molecule has 3 rings (SSSR count). The highest BCUT2D eigenvalue weighted by atomic mass is 79.9. The molecule has 3 aromatic carbocycles. The number of methoxy groups -OCH3 is 1. The predicted molar refractivity (Wildman–Crippen MR) is 161 cm³/mol. The van der Waals surface area contributed by atoms with Gasteiger partial charge >= 0.3 is 0 Å². The standard InChI is InChI=1S/C29H33BrClN3O5S/c1-5-20(2)32-29(36)21(3)33(18-22-11-13-23(30)14-12-22)28(35)19-34(26-17-24(31)15-16-27(26)39-4)40(37,38)25-9-7-6-8-10-25/h6-17,20-21H,5,18-19H2,1-4H3,(H,32,36)/t20-,21-/m0/s1. The molecule has 2 amide bonds. The number of carbonyl (C=O) groups excluding carboxylic acids is 2. The second-order valence-corrected chi connectivity index (χ2v) is 12.5. The van der Waals surface area contributed by atoms with Gasteiger partial charge in [0.05, 0.1) is 17.7 Å². The molecule has 0 aliphatic carbocycles. The zero-order chi connectivity index (χ0) is 29.4. The van der Waals surface area contributed by atoms with Gasteiger partial charge in [-0.25, -0.2) is 8.42 Å². The van der Waals surface area contributed by atoms with Crippen molar-refractivity contribution < 1.29 is 22.7 Å². The van der Waals surface area contributed by atoms with Gasteiger partial charge in [-0.05, 0) is 68.3 Å². The maximum atomic E-state index is 14.0. The molecule has 8 nitrogen and oxygen atoms in total. The topological polar surface area (TPSA) is 96.0 Å². The monoisotopic (exact) mass is 649 g/mol. The van der Waals surface area contributed by atoms with Crippen molar-refractivity contribution in [3.63, 3.8) is 0 Å². The highest BCUT2D eigenvalue weighted by Crippen LogP contribution is 2.35. The Hall–Kier alpha value is -3.08. The number of sulfonamides is 1. The van der Waals surface area contributed by atoms with Crippen molar-refractivity contribution in [1.29, 1.82) is 0 Å². The first-order chi connectivity index (χ1) is 19.0. The summed E-state index contributed by atoms with van der Waals surface area (Å²) in [6.45, 7) is 4.96. The Balaban J connectivity index is 2.08. The van der Waals surface area contributed by atoms with E-state index in [0.717, 1.165) is 20.8 Å². The van der Waals surface area contributed by atoms with E-state index in [1.54, 1.807) is 31.2 Å². The number of ether oxygens (including phenoxy) is 1. The summed E-state index contributed by atoms with van der Waals surface area (Å²) in [5.74, 6) is -0.687. The first-order valence-corrected chi connectivity index (χ1v) is 15.3. The van der Waals surface area contributed by atoms with Gasteiger partial charge in [-0.2, -0.15) is 0 Å². The van der Waals surface area contributed by atoms with Gasteiger partial charge in [-0.3, -0.25) is 13.9 Å². The molecule has 0 saturated carbocycles. The molecule has 0 saturated heterocycles. The van der Waals surface area contributed by atoms with Crippen molar-refractivity contribution in [3.8, 4) is 5.75 Å².